The normalized spacial score (nSPS) is 18.2. The minimum Gasteiger partial charge on any atom is -0.370 e. The maximum absolute atomic E-state index is 4.69. The third-order valence-electron chi connectivity index (χ3n) is 3.56. The summed E-state index contributed by atoms with van der Waals surface area (Å²) < 4.78 is 0. The molecule has 1 fully saturated rings. The molecule has 0 aromatic carbocycles. The first-order valence-electron chi connectivity index (χ1n) is 7.38. The molecule has 0 amide bonds. The molecule has 1 aliphatic rings. The fraction of sp³-hybridized carbons (Fsp3) is 0.667. The molecule has 19 heavy (non-hydrogen) atoms. The van der Waals surface area contributed by atoms with Crippen LogP contribution in [0.25, 0.3) is 0 Å². The van der Waals surface area contributed by atoms with E-state index in [1.54, 1.807) is 0 Å². The van der Waals surface area contributed by atoms with Crippen LogP contribution in [0.2, 0.25) is 0 Å². The van der Waals surface area contributed by atoms with E-state index in [1.165, 1.54) is 25.2 Å². The lowest BCUT2D eigenvalue weighted by atomic mass is 10.3. The van der Waals surface area contributed by atoms with E-state index in [4.69, 9.17) is 0 Å². The van der Waals surface area contributed by atoms with Crippen LogP contribution < -0.4 is 5.32 Å². The van der Waals surface area contributed by atoms with Crippen molar-refractivity contribution in [1.29, 1.82) is 0 Å². The topological polar surface area (TPSA) is 31.4 Å². The Morgan fingerprint density at radius 3 is 2.95 bits per heavy atom. The van der Waals surface area contributed by atoms with Crippen molar-refractivity contribution in [3.63, 3.8) is 0 Å². The number of likely N-dealkylation sites (N-methyl/N-ethyl adjacent to an activating group) is 1. The Morgan fingerprint density at radius 2 is 2.11 bits per heavy atom. The summed E-state index contributed by atoms with van der Waals surface area (Å²) in [6.07, 6.45) is 2.38. The molecule has 4 heteroatoms. The smallest absolute Gasteiger partial charge is 0.126 e. The highest BCUT2D eigenvalue weighted by molar-refractivity contribution is 5.35. The van der Waals surface area contributed by atoms with Gasteiger partial charge in [0.05, 0.1) is 5.69 Å². The molecule has 1 aromatic heterocycles. The summed E-state index contributed by atoms with van der Waals surface area (Å²) in [5, 5.41) is 3.35. The number of rotatable bonds is 5. The molecule has 0 bridgehead atoms. The van der Waals surface area contributed by atoms with Gasteiger partial charge >= 0.3 is 0 Å². The summed E-state index contributed by atoms with van der Waals surface area (Å²) in [6, 6.07) is 6.28. The van der Waals surface area contributed by atoms with Gasteiger partial charge in [0.25, 0.3) is 0 Å². The SMILES string of the molecule is CCCNc1cccc(CN2CCCN(C)CC2)n1. The molecule has 1 saturated heterocycles. The van der Waals surface area contributed by atoms with Crippen LogP contribution in [0.4, 0.5) is 5.82 Å². The third-order valence-corrected chi connectivity index (χ3v) is 3.56. The summed E-state index contributed by atoms with van der Waals surface area (Å²) in [6.45, 7) is 8.82. The minimum absolute atomic E-state index is 0.968. The predicted octanol–water partition coefficient (Wildman–Crippen LogP) is 2.04. The van der Waals surface area contributed by atoms with Gasteiger partial charge in [-0.05, 0) is 45.1 Å². The Morgan fingerprint density at radius 1 is 1.21 bits per heavy atom. The Hall–Kier alpha value is -1.13. The predicted molar refractivity (Wildman–Crippen MR) is 80.4 cm³/mol. The Bertz CT molecular complexity index is 380. The Kier molecular flexibility index (Phi) is 5.61. The summed E-state index contributed by atoms with van der Waals surface area (Å²) in [5.41, 5.74) is 1.17. The quantitative estimate of drug-likeness (QED) is 0.880. The summed E-state index contributed by atoms with van der Waals surface area (Å²) in [4.78, 5) is 9.61. The lowest BCUT2D eigenvalue weighted by Gasteiger charge is -2.19. The van der Waals surface area contributed by atoms with Crippen LogP contribution in [0.15, 0.2) is 18.2 Å². The molecule has 0 saturated carbocycles. The number of pyridine rings is 1. The van der Waals surface area contributed by atoms with E-state index in [0.29, 0.717) is 0 Å². The molecule has 2 heterocycles. The molecular weight excluding hydrogens is 236 g/mol. The van der Waals surface area contributed by atoms with Crippen LogP contribution in [-0.4, -0.2) is 54.6 Å². The monoisotopic (exact) mass is 262 g/mol. The molecule has 2 rings (SSSR count). The van der Waals surface area contributed by atoms with Gasteiger partial charge in [-0.2, -0.15) is 0 Å². The Labute approximate surface area is 116 Å². The van der Waals surface area contributed by atoms with Gasteiger partial charge in [0.2, 0.25) is 0 Å². The zero-order chi connectivity index (χ0) is 13.5. The first kappa shape index (κ1) is 14.3. The fourth-order valence-corrected chi connectivity index (χ4v) is 2.41. The van der Waals surface area contributed by atoms with Crippen molar-refractivity contribution in [3.05, 3.63) is 23.9 Å². The highest BCUT2D eigenvalue weighted by atomic mass is 15.2. The fourth-order valence-electron chi connectivity index (χ4n) is 2.41. The zero-order valence-corrected chi connectivity index (χ0v) is 12.2. The summed E-state index contributed by atoms with van der Waals surface area (Å²) >= 11 is 0. The van der Waals surface area contributed by atoms with Gasteiger partial charge in [-0.1, -0.05) is 13.0 Å². The second kappa shape index (κ2) is 7.46. The van der Waals surface area contributed by atoms with Crippen molar-refractivity contribution in [3.8, 4) is 0 Å². The van der Waals surface area contributed by atoms with Gasteiger partial charge in [-0.15, -0.1) is 0 Å². The van der Waals surface area contributed by atoms with Gasteiger partial charge in [-0.25, -0.2) is 4.98 Å². The van der Waals surface area contributed by atoms with E-state index in [0.717, 1.165) is 38.4 Å². The number of hydrogen-bond donors (Lipinski definition) is 1. The van der Waals surface area contributed by atoms with Crippen molar-refractivity contribution in [2.24, 2.45) is 0 Å². The van der Waals surface area contributed by atoms with Gasteiger partial charge in [-0.3, -0.25) is 4.90 Å². The first-order valence-corrected chi connectivity index (χ1v) is 7.38. The van der Waals surface area contributed by atoms with Crippen molar-refractivity contribution < 1.29 is 0 Å². The number of anilines is 1. The standard InChI is InChI=1S/C15H26N4/c1-3-8-16-15-7-4-6-14(17-15)13-19-10-5-9-18(2)11-12-19/h4,6-7H,3,5,8-13H2,1-2H3,(H,16,17). The molecule has 0 atom stereocenters. The lowest BCUT2D eigenvalue weighted by Crippen LogP contribution is -2.28. The summed E-state index contributed by atoms with van der Waals surface area (Å²) in [5.74, 6) is 1.01. The van der Waals surface area contributed by atoms with E-state index in [-0.39, 0.29) is 0 Å². The molecular formula is C15H26N4. The average molecular weight is 262 g/mol. The van der Waals surface area contributed by atoms with E-state index in [1.807, 2.05) is 0 Å². The van der Waals surface area contributed by atoms with Gasteiger partial charge in [0.1, 0.15) is 5.82 Å². The molecule has 1 N–H and O–H groups in total. The van der Waals surface area contributed by atoms with E-state index in [2.05, 4.69) is 52.3 Å². The molecule has 1 aliphatic heterocycles. The molecule has 0 unspecified atom stereocenters. The maximum atomic E-state index is 4.69. The van der Waals surface area contributed by atoms with E-state index < -0.39 is 0 Å². The van der Waals surface area contributed by atoms with Crippen LogP contribution in [0.3, 0.4) is 0 Å². The zero-order valence-electron chi connectivity index (χ0n) is 12.2. The highest BCUT2D eigenvalue weighted by Crippen LogP contribution is 2.09. The van der Waals surface area contributed by atoms with Crippen LogP contribution in [0.1, 0.15) is 25.5 Å². The number of nitrogens with one attached hydrogen (secondary N) is 1. The van der Waals surface area contributed by atoms with Gasteiger partial charge in [0.15, 0.2) is 0 Å². The first-order chi connectivity index (χ1) is 9.28. The molecule has 0 spiro atoms. The average Bonchev–Trinajstić information content (AvgIpc) is 2.62. The highest BCUT2D eigenvalue weighted by Gasteiger charge is 2.12. The van der Waals surface area contributed by atoms with E-state index in [9.17, 15) is 0 Å². The van der Waals surface area contributed by atoms with Crippen LogP contribution in [0, 0.1) is 0 Å². The number of aromatic nitrogens is 1. The lowest BCUT2D eigenvalue weighted by molar-refractivity contribution is 0.266. The number of hydrogen-bond acceptors (Lipinski definition) is 4. The molecule has 0 radical (unpaired) electrons. The Balaban J connectivity index is 1.90. The van der Waals surface area contributed by atoms with E-state index >= 15 is 0 Å². The molecule has 1 aromatic rings. The second-order valence-electron chi connectivity index (χ2n) is 5.37. The number of nitrogens with zero attached hydrogens (tertiary/aromatic N) is 3. The minimum atomic E-state index is 0.968. The third kappa shape index (κ3) is 4.80. The van der Waals surface area contributed by atoms with Crippen molar-refractivity contribution in [2.75, 3.05) is 45.1 Å². The molecule has 0 aliphatic carbocycles. The van der Waals surface area contributed by atoms with Crippen molar-refractivity contribution >= 4 is 5.82 Å². The van der Waals surface area contributed by atoms with Gasteiger partial charge < -0.3 is 10.2 Å². The molecule has 4 nitrogen and oxygen atoms in total. The van der Waals surface area contributed by atoms with Crippen LogP contribution in [-0.2, 0) is 6.54 Å². The van der Waals surface area contributed by atoms with Crippen LogP contribution >= 0.6 is 0 Å². The summed E-state index contributed by atoms with van der Waals surface area (Å²) in [7, 11) is 2.21. The van der Waals surface area contributed by atoms with Crippen molar-refractivity contribution in [2.45, 2.75) is 26.3 Å². The molecule has 106 valence electrons. The van der Waals surface area contributed by atoms with Gasteiger partial charge in [0, 0.05) is 26.2 Å². The maximum Gasteiger partial charge on any atom is 0.126 e. The largest absolute Gasteiger partial charge is 0.370 e. The second-order valence-corrected chi connectivity index (χ2v) is 5.37. The van der Waals surface area contributed by atoms with Crippen LogP contribution in [0.5, 0.6) is 0 Å². The van der Waals surface area contributed by atoms with Crippen molar-refractivity contribution in [1.82, 2.24) is 14.8 Å².